The Morgan fingerprint density at radius 2 is 1.73 bits per heavy atom. The quantitative estimate of drug-likeness (QED) is 0.844. The van der Waals surface area contributed by atoms with Crippen molar-refractivity contribution < 1.29 is 19.1 Å². The molecule has 1 rings (SSSR count). The van der Waals surface area contributed by atoms with Gasteiger partial charge < -0.3 is 20.1 Å². The van der Waals surface area contributed by atoms with E-state index in [4.69, 9.17) is 15.2 Å². The van der Waals surface area contributed by atoms with E-state index in [-0.39, 0.29) is 17.6 Å². The van der Waals surface area contributed by atoms with Crippen LogP contribution in [-0.2, 0) is 14.3 Å². The first-order valence-corrected chi connectivity index (χ1v) is 7.89. The zero-order chi connectivity index (χ0) is 17.0. The van der Waals surface area contributed by atoms with E-state index in [0.717, 1.165) is 12.8 Å². The highest BCUT2D eigenvalue weighted by Gasteiger charge is 2.38. The highest BCUT2D eigenvalue weighted by atomic mass is 16.6. The van der Waals surface area contributed by atoms with Crippen LogP contribution < -0.4 is 5.73 Å². The molecule has 22 heavy (non-hydrogen) atoms. The van der Waals surface area contributed by atoms with Gasteiger partial charge in [-0.1, -0.05) is 0 Å². The molecular formula is C16H30N2O4. The van der Waals surface area contributed by atoms with Crippen LogP contribution in [0.1, 0.15) is 53.4 Å². The van der Waals surface area contributed by atoms with Crippen molar-refractivity contribution in [2.24, 2.45) is 11.7 Å². The van der Waals surface area contributed by atoms with Crippen molar-refractivity contribution in [1.82, 2.24) is 4.90 Å². The second kappa shape index (κ2) is 7.31. The van der Waals surface area contributed by atoms with Gasteiger partial charge in [0.05, 0.1) is 5.60 Å². The second-order valence-electron chi connectivity index (χ2n) is 7.22. The van der Waals surface area contributed by atoms with Crippen molar-refractivity contribution in [2.45, 2.75) is 64.6 Å². The maximum absolute atomic E-state index is 12.1. The number of amides is 2. The summed E-state index contributed by atoms with van der Waals surface area (Å²) in [4.78, 5) is 24.8. The molecule has 0 spiro atoms. The van der Waals surface area contributed by atoms with Crippen LogP contribution in [0.15, 0.2) is 0 Å². The molecule has 1 heterocycles. The minimum absolute atomic E-state index is 0.262. The minimum atomic E-state index is -0.476. The lowest BCUT2D eigenvalue weighted by molar-refractivity contribution is -0.121. The zero-order valence-electron chi connectivity index (χ0n) is 14.5. The van der Waals surface area contributed by atoms with Crippen LogP contribution in [0.4, 0.5) is 4.79 Å². The predicted molar refractivity (Wildman–Crippen MR) is 84.4 cm³/mol. The Kier molecular flexibility index (Phi) is 6.23. The van der Waals surface area contributed by atoms with Gasteiger partial charge in [0.15, 0.2) is 0 Å². The van der Waals surface area contributed by atoms with Gasteiger partial charge in [-0.05, 0) is 52.9 Å². The number of methoxy groups -OCH3 is 1. The summed E-state index contributed by atoms with van der Waals surface area (Å²) < 4.78 is 11.1. The maximum Gasteiger partial charge on any atom is 0.410 e. The summed E-state index contributed by atoms with van der Waals surface area (Å²) in [6, 6.07) is 0. The first kappa shape index (κ1) is 18.7. The highest BCUT2D eigenvalue weighted by Crippen LogP contribution is 2.34. The lowest BCUT2D eigenvalue weighted by Crippen LogP contribution is -2.47. The Bertz CT molecular complexity index is 397. The van der Waals surface area contributed by atoms with Gasteiger partial charge in [-0.2, -0.15) is 0 Å². The molecule has 0 saturated carbocycles. The van der Waals surface area contributed by atoms with Crippen molar-refractivity contribution in [2.75, 3.05) is 20.2 Å². The number of primary amides is 1. The van der Waals surface area contributed by atoms with Crippen molar-refractivity contribution in [3.8, 4) is 0 Å². The molecule has 128 valence electrons. The molecule has 1 atom stereocenters. The molecule has 1 aliphatic heterocycles. The number of carbonyl (C=O) groups is 2. The van der Waals surface area contributed by atoms with Crippen LogP contribution in [-0.4, -0.2) is 48.3 Å². The molecule has 6 heteroatoms. The smallest absolute Gasteiger partial charge is 0.410 e. The van der Waals surface area contributed by atoms with Crippen LogP contribution in [0.3, 0.4) is 0 Å². The number of ether oxygens (including phenoxy) is 2. The predicted octanol–water partition coefficient (Wildman–Crippen LogP) is 2.30. The molecule has 2 N–H and O–H groups in total. The van der Waals surface area contributed by atoms with Gasteiger partial charge in [-0.25, -0.2) is 4.79 Å². The fourth-order valence-corrected chi connectivity index (χ4v) is 2.84. The number of hydrogen-bond donors (Lipinski definition) is 1. The summed E-state index contributed by atoms with van der Waals surface area (Å²) in [5, 5.41) is 0. The van der Waals surface area contributed by atoms with E-state index in [0.29, 0.717) is 31.8 Å². The third-order valence-electron chi connectivity index (χ3n) is 4.34. The van der Waals surface area contributed by atoms with Crippen LogP contribution in [0.25, 0.3) is 0 Å². The summed E-state index contributed by atoms with van der Waals surface area (Å²) in [7, 11) is 1.67. The van der Waals surface area contributed by atoms with E-state index in [1.54, 1.807) is 12.0 Å². The number of nitrogens with two attached hydrogens (primary N) is 1. The lowest BCUT2D eigenvalue weighted by atomic mass is 9.78. The molecular weight excluding hydrogens is 284 g/mol. The largest absolute Gasteiger partial charge is 0.444 e. The summed E-state index contributed by atoms with van der Waals surface area (Å²) in [5.74, 6) is -0.00926. The number of nitrogens with zero attached hydrogens (tertiary/aromatic N) is 1. The van der Waals surface area contributed by atoms with E-state index < -0.39 is 5.60 Å². The Labute approximate surface area is 133 Å². The van der Waals surface area contributed by atoms with E-state index in [1.165, 1.54) is 0 Å². The minimum Gasteiger partial charge on any atom is -0.444 e. The molecule has 1 unspecified atom stereocenters. The average Bonchev–Trinajstić information content (AvgIpc) is 2.43. The molecule has 2 amide bonds. The molecule has 6 nitrogen and oxygen atoms in total. The molecule has 0 radical (unpaired) electrons. The topological polar surface area (TPSA) is 81.9 Å². The highest BCUT2D eigenvalue weighted by molar-refractivity contribution is 5.73. The maximum atomic E-state index is 12.1. The van der Waals surface area contributed by atoms with Gasteiger partial charge in [0.25, 0.3) is 0 Å². The molecule has 1 fully saturated rings. The third-order valence-corrected chi connectivity index (χ3v) is 4.34. The van der Waals surface area contributed by atoms with Crippen molar-refractivity contribution >= 4 is 12.0 Å². The zero-order valence-corrected chi connectivity index (χ0v) is 14.5. The van der Waals surface area contributed by atoms with Gasteiger partial charge >= 0.3 is 6.09 Å². The summed E-state index contributed by atoms with van der Waals surface area (Å²) in [6.07, 6.45) is 2.33. The Hall–Kier alpha value is -1.30. The second-order valence-corrected chi connectivity index (χ2v) is 7.22. The van der Waals surface area contributed by atoms with Crippen molar-refractivity contribution in [3.05, 3.63) is 0 Å². The van der Waals surface area contributed by atoms with Crippen LogP contribution >= 0.6 is 0 Å². The first-order chi connectivity index (χ1) is 10.1. The number of hydrogen-bond acceptors (Lipinski definition) is 4. The fraction of sp³-hybridized carbons (Fsp3) is 0.875. The number of piperidine rings is 1. The Morgan fingerprint density at radius 1 is 1.18 bits per heavy atom. The Morgan fingerprint density at radius 3 is 2.14 bits per heavy atom. The summed E-state index contributed by atoms with van der Waals surface area (Å²) in [5.41, 5.74) is 4.38. The summed E-state index contributed by atoms with van der Waals surface area (Å²) >= 11 is 0. The fourth-order valence-electron chi connectivity index (χ4n) is 2.84. The third kappa shape index (κ3) is 5.48. The average molecular weight is 314 g/mol. The van der Waals surface area contributed by atoms with Crippen LogP contribution in [0, 0.1) is 5.92 Å². The number of carbonyl (C=O) groups excluding carboxylic acids is 2. The van der Waals surface area contributed by atoms with Crippen molar-refractivity contribution in [1.29, 1.82) is 0 Å². The van der Waals surface area contributed by atoms with Gasteiger partial charge in [-0.15, -0.1) is 0 Å². The summed E-state index contributed by atoms with van der Waals surface area (Å²) in [6.45, 7) is 8.91. The van der Waals surface area contributed by atoms with Crippen LogP contribution in [0.2, 0.25) is 0 Å². The lowest BCUT2D eigenvalue weighted by Gasteiger charge is -2.42. The molecule has 0 bridgehead atoms. The molecule has 1 saturated heterocycles. The van der Waals surface area contributed by atoms with Gasteiger partial charge in [0.2, 0.25) is 5.91 Å². The van der Waals surface area contributed by atoms with E-state index in [9.17, 15) is 9.59 Å². The SMILES string of the molecule is COC(C)(CCC(N)=O)C1CCN(C(=O)OC(C)(C)C)CC1. The van der Waals surface area contributed by atoms with E-state index in [2.05, 4.69) is 0 Å². The van der Waals surface area contributed by atoms with Gasteiger partial charge in [0, 0.05) is 26.6 Å². The van der Waals surface area contributed by atoms with E-state index in [1.807, 2.05) is 27.7 Å². The molecule has 0 aromatic carbocycles. The van der Waals surface area contributed by atoms with Crippen molar-refractivity contribution in [3.63, 3.8) is 0 Å². The van der Waals surface area contributed by atoms with Gasteiger partial charge in [-0.3, -0.25) is 4.79 Å². The van der Waals surface area contributed by atoms with E-state index >= 15 is 0 Å². The Balaban J connectivity index is 2.56. The van der Waals surface area contributed by atoms with Crippen LogP contribution in [0.5, 0.6) is 0 Å². The molecule has 0 aliphatic carbocycles. The number of rotatable bonds is 5. The first-order valence-electron chi connectivity index (χ1n) is 7.89. The standard InChI is InChI=1S/C16H30N2O4/c1-15(2,3)22-14(20)18-10-7-12(8-11-18)16(4,21-5)9-6-13(17)19/h12H,6-11H2,1-5H3,(H2,17,19). The number of likely N-dealkylation sites (tertiary alicyclic amines) is 1. The molecule has 0 aromatic heterocycles. The molecule has 1 aliphatic rings. The monoisotopic (exact) mass is 314 g/mol. The molecule has 0 aromatic rings. The van der Waals surface area contributed by atoms with Gasteiger partial charge in [0.1, 0.15) is 5.60 Å². The normalized spacial score (nSPS) is 19.6.